The predicted octanol–water partition coefficient (Wildman–Crippen LogP) is 3.47. The number of carboxylic acid groups (broad SMARTS) is 2. The van der Waals surface area contributed by atoms with Gasteiger partial charge in [0.15, 0.2) is 5.84 Å². The summed E-state index contributed by atoms with van der Waals surface area (Å²) in [6.07, 6.45) is 0. The number of ether oxygens (including phenoxy) is 1. The Labute approximate surface area is 240 Å². The van der Waals surface area contributed by atoms with E-state index in [2.05, 4.69) is 10.1 Å². The lowest BCUT2D eigenvalue weighted by molar-refractivity contribution is -0.136. The molecule has 0 saturated heterocycles. The third-order valence-electron chi connectivity index (χ3n) is 6.61. The van der Waals surface area contributed by atoms with Crippen molar-refractivity contribution in [3.8, 4) is 5.75 Å². The van der Waals surface area contributed by atoms with Crippen molar-refractivity contribution in [3.63, 3.8) is 0 Å². The van der Waals surface area contributed by atoms with Crippen LogP contribution in [0.5, 0.6) is 5.75 Å². The van der Waals surface area contributed by atoms with Crippen LogP contribution in [0.1, 0.15) is 6.92 Å². The van der Waals surface area contributed by atoms with Gasteiger partial charge in [-0.2, -0.15) is 5.01 Å². The van der Waals surface area contributed by atoms with Gasteiger partial charge in [0.2, 0.25) is 0 Å². The van der Waals surface area contributed by atoms with Crippen LogP contribution >= 0.6 is 0 Å². The first-order valence-corrected chi connectivity index (χ1v) is 12.7. The van der Waals surface area contributed by atoms with Crippen molar-refractivity contribution < 1.29 is 34.1 Å². The summed E-state index contributed by atoms with van der Waals surface area (Å²) in [5.41, 5.74) is 2.26. The second kappa shape index (κ2) is 11.4. The number of benzene rings is 3. The van der Waals surface area contributed by atoms with E-state index in [0.29, 0.717) is 34.1 Å². The van der Waals surface area contributed by atoms with Crippen LogP contribution in [-0.4, -0.2) is 65.7 Å². The lowest BCUT2D eigenvalue weighted by Crippen LogP contribution is -2.47. The van der Waals surface area contributed by atoms with E-state index in [1.54, 1.807) is 67.6 Å². The number of nitrogens with zero attached hydrogens (tertiary/aromatic N) is 5. The molecule has 42 heavy (non-hydrogen) atoms. The number of hydrogen-bond donors (Lipinski definition) is 2. The third kappa shape index (κ3) is 5.32. The van der Waals surface area contributed by atoms with E-state index in [1.165, 1.54) is 34.1 Å². The zero-order chi connectivity index (χ0) is 30.0. The first kappa shape index (κ1) is 27.8. The van der Waals surface area contributed by atoms with Gasteiger partial charge < -0.3 is 19.8 Å². The average Bonchev–Trinajstić information content (AvgIpc) is 3.32. The van der Waals surface area contributed by atoms with Gasteiger partial charge in [0.25, 0.3) is 11.8 Å². The summed E-state index contributed by atoms with van der Waals surface area (Å²) in [6, 6.07) is 21.7. The topological polar surface area (TPSA) is 152 Å². The molecule has 0 atom stereocenters. The molecule has 0 radical (unpaired) electrons. The number of amides is 2. The normalized spacial score (nSPS) is 15.6. The fraction of sp³-hybridized carbons (Fsp3) is 0.133. The molecule has 0 fully saturated rings. The zero-order valence-electron chi connectivity index (χ0n) is 22.6. The molecule has 3 aromatic carbocycles. The monoisotopic (exact) mass is 567 g/mol. The number of aliphatic imine (C=N–C) groups is 1. The number of para-hydroxylation sites is 1. The highest BCUT2D eigenvalue weighted by molar-refractivity contribution is 6.61. The van der Waals surface area contributed by atoms with E-state index >= 15 is 0 Å². The molecule has 0 unspecified atom stereocenters. The molecule has 12 nitrogen and oxygen atoms in total. The van der Waals surface area contributed by atoms with Gasteiger partial charge in [-0.25, -0.2) is 4.99 Å². The number of fused-ring (bicyclic) bond motifs is 1. The minimum atomic E-state index is -1.18. The fourth-order valence-electron chi connectivity index (χ4n) is 4.64. The van der Waals surface area contributed by atoms with Crippen LogP contribution < -0.4 is 19.5 Å². The van der Waals surface area contributed by atoms with E-state index in [1.807, 2.05) is 6.07 Å². The minimum Gasteiger partial charge on any atom is -0.497 e. The molecule has 2 N–H and O–H groups in total. The minimum absolute atomic E-state index is 0.0173. The van der Waals surface area contributed by atoms with Crippen molar-refractivity contribution in [2.75, 3.05) is 35.0 Å². The molecular weight excluding hydrogens is 542 g/mol. The number of hydrogen-bond acceptors (Lipinski definition) is 8. The molecule has 0 aliphatic carbocycles. The Morgan fingerprint density at radius 3 is 2.05 bits per heavy atom. The van der Waals surface area contributed by atoms with Crippen LogP contribution in [0.3, 0.4) is 0 Å². The van der Waals surface area contributed by atoms with Crippen molar-refractivity contribution in [2.45, 2.75) is 6.92 Å². The number of carbonyl (C=O) groups is 4. The van der Waals surface area contributed by atoms with E-state index in [4.69, 9.17) is 4.74 Å². The summed E-state index contributed by atoms with van der Waals surface area (Å²) in [5, 5.41) is 24.1. The first-order valence-electron chi connectivity index (χ1n) is 12.7. The maximum atomic E-state index is 14.0. The lowest BCUT2D eigenvalue weighted by atomic mass is 9.96. The standard InChI is InChI=1S/C30H25N5O7/c1-18-26-28(32-35(29(26)40)22-6-4-3-5-7-22)34(21-12-14-23(42-2)15-13-21)30(41)27(18)31-19-8-10-20(11-9-19)33(16-24(36)37)17-25(38)39/h3-15H,16-17H2,1-2H3,(H,36,37)(H,38,39). The Morgan fingerprint density at radius 1 is 0.857 bits per heavy atom. The highest BCUT2D eigenvalue weighted by Gasteiger charge is 2.45. The molecule has 0 saturated carbocycles. The van der Waals surface area contributed by atoms with Gasteiger partial charge in [-0.05, 0) is 73.2 Å². The Balaban J connectivity index is 1.58. The number of aliphatic carboxylic acids is 2. The van der Waals surface area contributed by atoms with Crippen LogP contribution in [-0.2, 0) is 19.2 Å². The Hall–Kier alpha value is -5.78. The summed E-state index contributed by atoms with van der Waals surface area (Å²) >= 11 is 0. The molecular formula is C30H25N5O7. The summed E-state index contributed by atoms with van der Waals surface area (Å²) < 4.78 is 5.25. The molecule has 2 heterocycles. The number of carbonyl (C=O) groups excluding carboxylic acids is 2. The maximum Gasteiger partial charge on any atom is 0.323 e. The molecule has 3 aromatic rings. The summed E-state index contributed by atoms with van der Waals surface area (Å²) in [4.78, 5) is 57.2. The SMILES string of the molecule is COc1ccc(N2C(=O)C(=Nc3ccc(N(CC(=O)O)CC(=O)O)cc3)C(C)=C3C(=O)N(c4ccccc4)N=C32)cc1. The fourth-order valence-corrected chi connectivity index (χ4v) is 4.64. The van der Waals surface area contributed by atoms with Gasteiger partial charge in [0, 0.05) is 5.69 Å². The average molecular weight is 568 g/mol. The molecule has 12 heteroatoms. The van der Waals surface area contributed by atoms with Gasteiger partial charge in [-0.1, -0.05) is 18.2 Å². The van der Waals surface area contributed by atoms with Gasteiger partial charge in [0.05, 0.1) is 29.7 Å². The summed E-state index contributed by atoms with van der Waals surface area (Å²) in [7, 11) is 1.53. The van der Waals surface area contributed by atoms with Gasteiger partial charge >= 0.3 is 11.9 Å². The molecule has 5 rings (SSSR count). The van der Waals surface area contributed by atoms with Crippen molar-refractivity contribution in [1.29, 1.82) is 0 Å². The van der Waals surface area contributed by atoms with Crippen LogP contribution in [0, 0.1) is 0 Å². The maximum absolute atomic E-state index is 14.0. The Morgan fingerprint density at radius 2 is 1.48 bits per heavy atom. The second-order valence-corrected chi connectivity index (χ2v) is 9.34. The molecule has 0 bridgehead atoms. The van der Waals surface area contributed by atoms with Crippen molar-refractivity contribution in [2.24, 2.45) is 10.1 Å². The van der Waals surface area contributed by atoms with Crippen molar-refractivity contribution in [3.05, 3.63) is 90.0 Å². The predicted molar refractivity (Wildman–Crippen MR) is 156 cm³/mol. The van der Waals surface area contributed by atoms with Crippen molar-refractivity contribution >= 4 is 58.0 Å². The molecule has 212 valence electrons. The van der Waals surface area contributed by atoms with Crippen LogP contribution in [0.4, 0.5) is 22.7 Å². The molecule has 2 amide bonds. The number of hydrazone groups is 1. The van der Waals surface area contributed by atoms with E-state index in [9.17, 15) is 29.4 Å². The highest BCUT2D eigenvalue weighted by atomic mass is 16.5. The zero-order valence-corrected chi connectivity index (χ0v) is 22.6. The van der Waals surface area contributed by atoms with Gasteiger partial charge in [-0.15, -0.1) is 5.10 Å². The molecule has 2 aliphatic heterocycles. The molecule has 0 aromatic heterocycles. The second-order valence-electron chi connectivity index (χ2n) is 9.34. The van der Waals surface area contributed by atoms with E-state index in [-0.39, 0.29) is 17.1 Å². The van der Waals surface area contributed by atoms with Crippen molar-refractivity contribution in [1.82, 2.24) is 0 Å². The van der Waals surface area contributed by atoms with Crippen LogP contribution in [0.25, 0.3) is 0 Å². The largest absolute Gasteiger partial charge is 0.497 e. The van der Waals surface area contributed by atoms with Crippen LogP contribution in [0.15, 0.2) is 100 Å². The number of amidine groups is 1. The highest BCUT2D eigenvalue weighted by Crippen LogP contribution is 2.34. The quantitative estimate of drug-likeness (QED) is 0.399. The summed E-state index contributed by atoms with van der Waals surface area (Å²) in [5.74, 6) is -2.54. The lowest BCUT2D eigenvalue weighted by Gasteiger charge is -2.28. The van der Waals surface area contributed by atoms with E-state index in [0.717, 1.165) is 0 Å². The Bertz CT molecular complexity index is 1650. The van der Waals surface area contributed by atoms with Gasteiger partial charge in [-0.3, -0.25) is 24.1 Å². The molecule has 0 spiro atoms. The molecule has 2 aliphatic rings. The number of rotatable bonds is 9. The third-order valence-corrected chi connectivity index (χ3v) is 6.61. The van der Waals surface area contributed by atoms with Gasteiger partial charge in [0.1, 0.15) is 24.6 Å². The smallest absolute Gasteiger partial charge is 0.323 e. The van der Waals surface area contributed by atoms with Crippen LogP contribution in [0.2, 0.25) is 0 Å². The Kier molecular flexibility index (Phi) is 7.52. The number of methoxy groups -OCH3 is 1. The first-order chi connectivity index (χ1) is 20.2. The van der Waals surface area contributed by atoms with E-state index < -0.39 is 36.8 Å². The summed E-state index contributed by atoms with van der Waals surface area (Å²) in [6.45, 7) is 0.612. The number of anilines is 3. The number of carboxylic acids is 2.